The van der Waals surface area contributed by atoms with Gasteiger partial charge in [-0.3, -0.25) is 5.01 Å². The molecule has 0 fully saturated rings. The van der Waals surface area contributed by atoms with E-state index in [1.807, 2.05) is 0 Å². The van der Waals surface area contributed by atoms with Crippen LogP contribution in [0.15, 0.2) is 48.7 Å². The van der Waals surface area contributed by atoms with Crippen LogP contribution in [0.4, 0.5) is 14.5 Å². The zero-order valence-corrected chi connectivity index (χ0v) is 11.0. The lowest BCUT2D eigenvalue weighted by atomic mass is 10.1. The van der Waals surface area contributed by atoms with Crippen molar-refractivity contribution in [1.82, 2.24) is 0 Å². The number of nitrogens with zero attached hydrogens (tertiary/aromatic N) is 1. The summed E-state index contributed by atoms with van der Waals surface area (Å²) in [5, 5.41) is 1.10. The Bertz CT molecular complexity index is 659. The third-order valence-corrected chi connectivity index (χ3v) is 2.80. The maximum absolute atomic E-state index is 13.1. The molecule has 0 aliphatic rings. The Kier molecular flexibility index (Phi) is 4.36. The molecule has 0 heterocycles. The molecule has 2 aromatic carbocycles. The molecule has 0 bridgehead atoms. The van der Waals surface area contributed by atoms with Crippen LogP contribution in [-0.4, -0.2) is 0 Å². The van der Waals surface area contributed by atoms with Gasteiger partial charge in [0, 0.05) is 12.3 Å². The minimum atomic E-state index is -0.987. The number of anilines is 1. The monoisotopic (exact) mass is 292 g/mol. The predicted octanol–water partition coefficient (Wildman–Crippen LogP) is 1.85. The summed E-state index contributed by atoms with van der Waals surface area (Å²) in [6.07, 6.45) is 1.39. The van der Waals surface area contributed by atoms with Crippen molar-refractivity contribution in [3.8, 4) is 5.75 Å². The van der Waals surface area contributed by atoms with E-state index in [-0.39, 0.29) is 5.69 Å². The van der Waals surface area contributed by atoms with Crippen LogP contribution in [0.25, 0.3) is 5.70 Å². The minimum Gasteiger partial charge on any atom is -0.412 e. The Hall–Kier alpha value is -2.64. The molecule has 5 nitrogen and oxygen atoms in total. The van der Waals surface area contributed by atoms with Crippen molar-refractivity contribution in [2.45, 2.75) is 0 Å². The van der Waals surface area contributed by atoms with E-state index < -0.39 is 11.6 Å². The lowest BCUT2D eigenvalue weighted by Crippen LogP contribution is -2.25. The molecule has 0 spiro atoms. The van der Waals surface area contributed by atoms with E-state index in [1.54, 1.807) is 24.3 Å². The van der Waals surface area contributed by atoms with Gasteiger partial charge in [0.15, 0.2) is 11.6 Å². The highest BCUT2D eigenvalue weighted by Gasteiger charge is 2.06. The molecule has 0 radical (unpaired) electrons. The Morgan fingerprint density at radius 3 is 2.29 bits per heavy atom. The van der Waals surface area contributed by atoms with Gasteiger partial charge in [-0.05, 0) is 42.0 Å². The fourth-order valence-electron chi connectivity index (χ4n) is 1.67. The van der Waals surface area contributed by atoms with Crippen LogP contribution in [-0.2, 0) is 0 Å². The highest BCUT2D eigenvalue weighted by atomic mass is 19.2. The maximum atomic E-state index is 13.1. The number of halogens is 2. The van der Waals surface area contributed by atoms with Crippen LogP contribution in [0.2, 0.25) is 0 Å². The molecular weight excluding hydrogens is 278 g/mol. The Morgan fingerprint density at radius 2 is 1.71 bits per heavy atom. The van der Waals surface area contributed by atoms with Crippen LogP contribution in [0, 0.1) is 11.6 Å². The summed E-state index contributed by atoms with van der Waals surface area (Å²) in [5.41, 5.74) is 7.17. The molecule has 21 heavy (non-hydrogen) atoms. The molecule has 7 heteroatoms. The largest absolute Gasteiger partial charge is 0.412 e. The summed E-state index contributed by atoms with van der Waals surface area (Å²) < 4.78 is 26.0. The van der Waals surface area contributed by atoms with Crippen molar-refractivity contribution < 1.29 is 13.6 Å². The molecule has 0 aliphatic heterocycles. The molecular formula is C14H14F2N4O. The van der Waals surface area contributed by atoms with Gasteiger partial charge in [0.1, 0.15) is 5.75 Å². The fraction of sp³-hybridized carbons (Fsp3) is 0. The topological polar surface area (TPSA) is 90.5 Å². The van der Waals surface area contributed by atoms with Gasteiger partial charge in [0.05, 0.1) is 11.4 Å². The molecule has 0 unspecified atom stereocenters. The summed E-state index contributed by atoms with van der Waals surface area (Å²) in [5.74, 6) is 9.32. The van der Waals surface area contributed by atoms with Crippen LogP contribution >= 0.6 is 0 Å². The Morgan fingerprint density at radius 1 is 1.05 bits per heavy atom. The molecule has 0 atom stereocenters. The van der Waals surface area contributed by atoms with E-state index in [0.29, 0.717) is 17.0 Å². The summed E-state index contributed by atoms with van der Waals surface area (Å²) in [6, 6.07) is 9.95. The molecule has 0 amide bonds. The third kappa shape index (κ3) is 3.47. The van der Waals surface area contributed by atoms with Crippen LogP contribution in [0.3, 0.4) is 0 Å². The van der Waals surface area contributed by atoms with Crippen molar-refractivity contribution in [2.24, 2.45) is 17.5 Å². The first-order chi connectivity index (χ1) is 10.0. The van der Waals surface area contributed by atoms with Gasteiger partial charge in [-0.1, -0.05) is 0 Å². The number of hydrogen-bond acceptors (Lipinski definition) is 5. The van der Waals surface area contributed by atoms with Crippen molar-refractivity contribution in [3.05, 3.63) is 65.9 Å². The fourth-order valence-corrected chi connectivity index (χ4v) is 1.67. The first kappa shape index (κ1) is 14.8. The normalized spacial score (nSPS) is 11.3. The number of nitrogens with two attached hydrogens (primary N) is 3. The SMILES string of the molecule is NOc1ccc(/C(N)=C/N(N)c2ccc(F)c(F)c2)cc1. The van der Waals surface area contributed by atoms with E-state index in [2.05, 4.69) is 4.84 Å². The summed E-state index contributed by atoms with van der Waals surface area (Å²) in [6.45, 7) is 0. The van der Waals surface area contributed by atoms with Crippen molar-refractivity contribution in [2.75, 3.05) is 5.01 Å². The summed E-state index contributed by atoms with van der Waals surface area (Å²) in [4.78, 5) is 4.55. The van der Waals surface area contributed by atoms with Gasteiger partial charge < -0.3 is 10.6 Å². The smallest absolute Gasteiger partial charge is 0.160 e. The Balaban J connectivity index is 2.21. The second-order valence-electron chi connectivity index (χ2n) is 4.23. The van der Waals surface area contributed by atoms with Crippen LogP contribution < -0.4 is 27.3 Å². The number of hydrazine groups is 1. The lowest BCUT2D eigenvalue weighted by Gasteiger charge is -2.15. The molecule has 2 aromatic rings. The first-order valence-electron chi connectivity index (χ1n) is 5.94. The summed E-state index contributed by atoms with van der Waals surface area (Å²) >= 11 is 0. The predicted molar refractivity (Wildman–Crippen MR) is 76.4 cm³/mol. The van der Waals surface area contributed by atoms with Crippen LogP contribution in [0.5, 0.6) is 5.75 Å². The van der Waals surface area contributed by atoms with E-state index in [4.69, 9.17) is 17.5 Å². The molecule has 0 aliphatic carbocycles. The quantitative estimate of drug-likeness (QED) is 0.591. The number of rotatable bonds is 4. The standard InChI is InChI=1S/C14H14F2N4O/c15-12-6-3-10(7-13(12)16)20(18)8-14(17)9-1-4-11(21-19)5-2-9/h1-8H,17-19H2/b14-8-. The van der Waals surface area contributed by atoms with Gasteiger partial charge >= 0.3 is 0 Å². The summed E-state index contributed by atoms with van der Waals surface area (Å²) in [7, 11) is 0. The highest BCUT2D eigenvalue weighted by molar-refractivity contribution is 5.66. The third-order valence-electron chi connectivity index (χ3n) is 2.80. The van der Waals surface area contributed by atoms with Crippen LogP contribution in [0.1, 0.15) is 5.56 Å². The van der Waals surface area contributed by atoms with Crippen molar-refractivity contribution in [3.63, 3.8) is 0 Å². The van der Waals surface area contributed by atoms with Gasteiger partial charge in [0.2, 0.25) is 0 Å². The van der Waals surface area contributed by atoms with Gasteiger partial charge in [-0.2, -0.15) is 5.90 Å². The second-order valence-corrected chi connectivity index (χ2v) is 4.23. The van der Waals surface area contributed by atoms with Gasteiger partial charge in [-0.15, -0.1) is 0 Å². The first-order valence-corrected chi connectivity index (χ1v) is 5.94. The zero-order valence-electron chi connectivity index (χ0n) is 11.0. The van der Waals surface area contributed by atoms with Crippen molar-refractivity contribution >= 4 is 11.4 Å². The van der Waals surface area contributed by atoms with E-state index in [1.165, 1.54) is 12.3 Å². The molecule has 0 aromatic heterocycles. The highest BCUT2D eigenvalue weighted by Crippen LogP contribution is 2.19. The number of hydrogen-bond donors (Lipinski definition) is 3. The average molecular weight is 292 g/mol. The molecule has 0 saturated heterocycles. The number of benzene rings is 2. The average Bonchev–Trinajstić information content (AvgIpc) is 2.50. The van der Waals surface area contributed by atoms with Crippen molar-refractivity contribution in [1.29, 1.82) is 0 Å². The maximum Gasteiger partial charge on any atom is 0.160 e. The molecule has 6 N–H and O–H groups in total. The van der Waals surface area contributed by atoms with E-state index >= 15 is 0 Å². The lowest BCUT2D eigenvalue weighted by molar-refractivity contribution is 0.334. The second kappa shape index (κ2) is 6.21. The van der Waals surface area contributed by atoms with Gasteiger partial charge in [0.25, 0.3) is 0 Å². The van der Waals surface area contributed by atoms with Gasteiger partial charge in [-0.25, -0.2) is 14.6 Å². The minimum absolute atomic E-state index is 0.263. The zero-order chi connectivity index (χ0) is 15.4. The van der Waals surface area contributed by atoms with E-state index in [0.717, 1.165) is 17.1 Å². The molecule has 110 valence electrons. The molecule has 2 rings (SSSR count). The Labute approximate surface area is 120 Å². The van der Waals surface area contributed by atoms with E-state index in [9.17, 15) is 8.78 Å². The molecule has 0 saturated carbocycles.